The van der Waals surface area contributed by atoms with Gasteiger partial charge in [0.25, 0.3) is 0 Å². The Bertz CT molecular complexity index is 2260. The second-order valence-electron chi connectivity index (χ2n) is 15.8. The van der Waals surface area contributed by atoms with Crippen LogP contribution in [-0.2, 0) is 53.7 Å². The third-order valence-corrected chi connectivity index (χ3v) is 11.2. The number of aromatic nitrogens is 6. The van der Waals surface area contributed by atoms with Gasteiger partial charge < -0.3 is 33.9 Å². The van der Waals surface area contributed by atoms with Crippen molar-refractivity contribution < 1.29 is 25.1 Å². The Morgan fingerprint density at radius 1 is 0.825 bits per heavy atom. The van der Waals surface area contributed by atoms with E-state index in [1.54, 1.807) is 36.6 Å². The van der Waals surface area contributed by atoms with Gasteiger partial charge in [0.15, 0.2) is 11.5 Å². The molecule has 1 N–H and O–H groups in total. The molecule has 0 radical (unpaired) electrons. The Morgan fingerprint density at radius 3 is 2.16 bits per heavy atom. The molecule has 5 aromatic rings. The molecule has 0 saturated carbocycles. The molecule has 1 saturated heterocycles. The normalized spacial score (nSPS) is 14.3. The fraction of sp³-hybridized carbons (Fsp3) is 0.521. The molecule has 15 nitrogen and oxygen atoms in total. The Labute approximate surface area is 373 Å². The second kappa shape index (κ2) is 24.5. The van der Waals surface area contributed by atoms with Gasteiger partial charge in [-0.1, -0.05) is 93.8 Å². The average molecular weight is 868 g/mol. The van der Waals surface area contributed by atoms with E-state index in [-0.39, 0.29) is 13.1 Å². The predicted octanol–water partition coefficient (Wildman–Crippen LogP) is 7.54. The Kier molecular flexibility index (Phi) is 18.3. The van der Waals surface area contributed by atoms with Crippen LogP contribution in [0.15, 0.2) is 71.2 Å². The van der Waals surface area contributed by atoms with E-state index in [9.17, 15) is 4.79 Å². The molecule has 342 valence electrons. The molecule has 0 spiro atoms. The molecule has 1 fully saturated rings. The third kappa shape index (κ3) is 13.1. The van der Waals surface area contributed by atoms with Crippen LogP contribution in [0.25, 0.3) is 11.2 Å². The molecular weight excluding hydrogens is 799 g/mol. The van der Waals surface area contributed by atoms with Gasteiger partial charge in [-0.15, -0.1) is 0 Å². The first-order chi connectivity index (χ1) is 30.9. The first-order valence-corrected chi connectivity index (χ1v) is 22.6. The summed E-state index contributed by atoms with van der Waals surface area (Å²) in [6.07, 6.45) is 12.3. The summed E-state index contributed by atoms with van der Waals surface area (Å²) in [6.45, 7) is 12.8. The fourth-order valence-electron chi connectivity index (χ4n) is 7.82. The fourth-order valence-corrected chi connectivity index (χ4v) is 7.82. The van der Waals surface area contributed by atoms with Crippen LogP contribution in [0, 0.1) is 0 Å². The molecule has 7 rings (SSSR count). The number of aryl methyl sites for hydroxylation is 1. The van der Waals surface area contributed by atoms with Gasteiger partial charge in [0.1, 0.15) is 37.9 Å². The molecule has 0 atom stereocenters. The van der Waals surface area contributed by atoms with Crippen LogP contribution < -0.4 is 25.4 Å². The van der Waals surface area contributed by atoms with Crippen LogP contribution in [0.2, 0.25) is 0 Å². The maximum atomic E-state index is 13.3. The zero-order chi connectivity index (χ0) is 44.4. The molecule has 63 heavy (non-hydrogen) atoms. The largest absolute Gasteiger partial charge is 0.461 e. The van der Waals surface area contributed by atoms with E-state index in [0.717, 1.165) is 61.4 Å². The number of hydrogen-bond donors (Lipinski definition) is 1. The summed E-state index contributed by atoms with van der Waals surface area (Å²) in [4.78, 5) is 36.8. The molecule has 2 aliphatic heterocycles. The predicted molar refractivity (Wildman–Crippen MR) is 250 cm³/mol. The first kappa shape index (κ1) is 47.1. The van der Waals surface area contributed by atoms with Gasteiger partial charge in [0.05, 0.1) is 31.6 Å². The number of hydrogen-bond acceptors (Lipinski definition) is 13. The first-order valence-electron chi connectivity index (χ1n) is 22.6. The average Bonchev–Trinajstić information content (AvgIpc) is 3.84. The number of allylic oxidation sites excluding steroid dienone is 2. The van der Waals surface area contributed by atoms with E-state index in [1.807, 2.05) is 13.8 Å². The number of nitrogens with one attached hydrogen (secondary N) is 1. The summed E-state index contributed by atoms with van der Waals surface area (Å²) in [7, 11) is 5.00. The van der Waals surface area contributed by atoms with Crippen molar-refractivity contribution in [2.24, 2.45) is 7.05 Å². The molecule has 15 heteroatoms. The van der Waals surface area contributed by atoms with Gasteiger partial charge in [0.2, 0.25) is 0 Å². The highest BCUT2D eigenvalue weighted by molar-refractivity contribution is 5.71. The molecule has 3 aromatic heterocycles. The summed E-state index contributed by atoms with van der Waals surface area (Å²) in [5.41, 5.74) is 8.75. The minimum Gasteiger partial charge on any atom is -0.461 e. The number of methoxy groups -OCH3 is 2. The number of imidazole rings is 1. The lowest BCUT2D eigenvalue weighted by molar-refractivity contribution is 0.140. The molecule has 0 unspecified atom stereocenters. The van der Waals surface area contributed by atoms with E-state index >= 15 is 0 Å². The van der Waals surface area contributed by atoms with Crippen LogP contribution in [-0.4, -0.2) is 101 Å². The van der Waals surface area contributed by atoms with Crippen molar-refractivity contribution in [3.63, 3.8) is 0 Å². The van der Waals surface area contributed by atoms with E-state index in [2.05, 4.69) is 86.6 Å². The van der Waals surface area contributed by atoms with Crippen molar-refractivity contribution >= 4 is 22.7 Å². The van der Waals surface area contributed by atoms with Crippen molar-refractivity contribution in [1.82, 2.24) is 34.0 Å². The van der Waals surface area contributed by atoms with E-state index in [4.69, 9.17) is 33.7 Å². The summed E-state index contributed by atoms with van der Waals surface area (Å²) < 4.78 is 31.4. The monoisotopic (exact) mass is 868 g/mol. The van der Waals surface area contributed by atoms with Gasteiger partial charge >= 0.3 is 17.7 Å². The van der Waals surface area contributed by atoms with Crippen molar-refractivity contribution in [3.05, 3.63) is 105 Å². The van der Waals surface area contributed by atoms with Crippen molar-refractivity contribution in [1.29, 1.82) is 0 Å². The van der Waals surface area contributed by atoms with Gasteiger partial charge in [-0.2, -0.15) is 15.0 Å². The Balaban J connectivity index is 0.00000253. The van der Waals surface area contributed by atoms with Crippen LogP contribution in [0.5, 0.6) is 12.0 Å². The lowest BCUT2D eigenvalue weighted by atomic mass is 9.98. The summed E-state index contributed by atoms with van der Waals surface area (Å²) in [6, 6.07) is 17.9. The molecule has 2 aromatic carbocycles. The molecule has 0 aliphatic carbocycles. The molecular formula is C48H69N9O6. The highest BCUT2D eigenvalue weighted by atomic mass is 16.5. The van der Waals surface area contributed by atoms with Gasteiger partial charge in [-0.05, 0) is 67.4 Å². The highest BCUT2D eigenvalue weighted by Gasteiger charge is 2.24. The van der Waals surface area contributed by atoms with Crippen molar-refractivity contribution in [2.75, 3.05) is 77.4 Å². The topological polar surface area (TPSA) is 143 Å². The van der Waals surface area contributed by atoms with Crippen LogP contribution in [0.1, 0.15) is 88.7 Å². The number of anilines is 2. The number of fused-ring (bicyclic) bond motifs is 2. The number of likely N-dealkylation sites (tertiary alicyclic amines) is 1. The molecule has 2 aliphatic rings. The van der Waals surface area contributed by atoms with Crippen LogP contribution >= 0.6 is 0 Å². The Morgan fingerprint density at radius 2 is 1.48 bits per heavy atom. The standard InChI is InChI=1S/C46H61N9O6.C2H6.H2/c1-5-6-7-10-35(14-11-34-12-15-38(16-13-34)31-55-42-40(52(2)46(55)56)28-47-44(50-42)60-25-23-57-3)27-39-41-43(51-45(49-39)61-26-24-58-4)54(33-59-32-48-41)30-37-19-17-36(18-20-37)29-53-21-8-9-22-53;1-2;/h12-20,28,48H,5-11,21-27,29-33H2,1-4H3;1-2H3;1H/b35-14+;;. The highest BCUT2D eigenvalue weighted by Crippen LogP contribution is 2.34. The van der Waals surface area contributed by atoms with E-state index in [1.165, 1.54) is 48.2 Å². The number of benzene rings is 2. The minimum atomic E-state index is -0.164. The number of ether oxygens (including phenoxy) is 5. The zero-order valence-electron chi connectivity index (χ0n) is 38.2. The summed E-state index contributed by atoms with van der Waals surface area (Å²) in [5.74, 6) is 0.770. The molecule has 0 bridgehead atoms. The lowest BCUT2D eigenvalue weighted by Crippen LogP contribution is -2.26. The van der Waals surface area contributed by atoms with Crippen molar-refractivity contribution in [3.8, 4) is 12.0 Å². The van der Waals surface area contributed by atoms with Gasteiger partial charge in [0, 0.05) is 42.2 Å². The maximum absolute atomic E-state index is 13.3. The third-order valence-electron chi connectivity index (χ3n) is 11.2. The number of nitrogens with zero attached hydrogens (tertiary/aromatic N) is 8. The smallest absolute Gasteiger partial charge is 0.330 e. The van der Waals surface area contributed by atoms with Gasteiger partial charge in [-0.25, -0.2) is 9.78 Å². The minimum absolute atomic E-state index is 0. The molecule has 0 amide bonds. The van der Waals surface area contributed by atoms with Crippen LogP contribution in [0.3, 0.4) is 0 Å². The SMILES string of the molecule is CC.CCCCC/C(=C\Cc1ccc(Cn2c(=O)n(C)c3cnc(OCCOC)nc32)cc1)Cc1nc(OCCOC)nc2c1NCOCN2Cc1ccc(CN2CCCC2)cc1.[HH]. The van der Waals surface area contributed by atoms with Crippen LogP contribution in [0.4, 0.5) is 11.5 Å². The summed E-state index contributed by atoms with van der Waals surface area (Å²) >= 11 is 0. The number of rotatable bonds is 22. The lowest BCUT2D eigenvalue weighted by Gasteiger charge is -2.24. The second-order valence-corrected chi connectivity index (χ2v) is 15.8. The Hall–Kier alpha value is -5.35. The zero-order valence-corrected chi connectivity index (χ0v) is 38.2. The van der Waals surface area contributed by atoms with E-state index in [0.29, 0.717) is 76.6 Å². The van der Waals surface area contributed by atoms with E-state index < -0.39 is 0 Å². The van der Waals surface area contributed by atoms with Gasteiger partial charge in [-0.3, -0.25) is 14.0 Å². The summed E-state index contributed by atoms with van der Waals surface area (Å²) in [5, 5.41) is 3.51. The molecule has 5 heterocycles. The quantitative estimate of drug-likeness (QED) is 0.0541. The van der Waals surface area contributed by atoms with Crippen molar-refractivity contribution in [2.45, 2.75) is 91.8 Å². The maximum Gasteiger partial charge on any atom is 0.330 e. The number of unbranched alkanes of at least 4 members (excludes halogenated alkanes) is 2.